The molecule has 116 valence electrons. The van der Waals surface area contributed by atoms with E-state index in [4.69, 9.17) is 5.11 Å². The van der Waals surface area contributed by atoms with Gasteiger partial charge in [0.2, 0.25) is 0 Å². The van der Waals surface area contributed by atoms with Crippen molar-refractivity contribution in [1.29, 1.82) is 0 Å². The smallest absolute Gasteiger partial charge is 0.271 e. The topological polar surface area (TPSA) is 84.2 Å². The number of carbonyl (C=O) groups excluding carboxylic acids is 1. The summed E-state index contributed by atoms with van der Waals surface area (Å²) in [5, 5.41) is 15.7. The minimum atomic E-state index is -0.513. The number of carbonyl (C=O) groups is 1. The molecule has 1 amide bonds. The average molecular weight is 305 g/mol. The van der Waals surface area contributed by atoms with E-state index in [1.807, 2.05) is 0 Å². The molecule has 0 saturated carbocycles. The molecule has 2 rings (SSSR count). The highest BCUT2D eigenvalue weighted by Crippen LogP contribution is 2.05. The SMILES string of the molecule is CC(O)CCNC(=O)c1ccc(=O)n(-c2ccc(F)cc2)n1. The van der Waals surface area contributed by atoms with Gasteiger partial charge in [0, 0.05) is 12.6 Å². The zero-order chi connectivity index (χ0) is 16.1. The van der Waals surface area contributed by atoms with Crippen LogP contribution in [-0.4, -0.2) is 33.4 Å². The lowest BCUT2D eigenvalue weighted by atomic mass is 10.3. The normalized spacial score (nSPS) is 12.0. The first-order chi connectivity index (χ1) is 10.5. The van der Waals surface area contributed by atoms with E-state index in [-0.39, 0.29) is 5.69 Å². The molecule has 0 bridgehead atoms. The molecule has 1 aromatic carbocycles. The number of nitrogens with one attached hydrogen (secondary N) is 1. The molecule has 0 spiro atoms. The van der Waals surface area contributed by atoms with Crippen LogP contribution >= 0.6 is 0 Å². The van der Waals surface area contributed by atoms with E-state index in [0.717, 1.165) is 4.68 Å². The predicted molar refractivity (Wildman–Crippen MR) is 78.4 cm³/mol. The maximum absolute atomic E-state index is 12.9. The Hall–Kier alpha value is -2.54. The first-order valence-corrected chi connectivity index (χ1v) is 6.80. The fourth-order valence-corrected chi connectivity index (χ4v) is 1.78. The van der Waals surface area contributed by atoms with Gasteiger partial charge in [0.15, 0.2) is 0 Å². The van der Waals surface area contributed by atoms with Gasteiger partial charge in [-0.15, -0.1) is 0 Å². The molecule has 1 atom stereocenters. The molecule has 22 heavy (non-hydrogen) atoms. The highest BCUT2D eigenvalue weighted by atomic mass is 19.1. The minimum absolute atomic E-state index is 0.0644. The lowest BCUT2D eigenvalue weighted by molar-refractivity contribution is 0.0939. The molecule has 2 N–H and O–H groups in total. The first kappa shape index (κ1) is 15.8. The van der Waals surface area contributed by atoms with Crippen molar-refractivity contribution in [1.82, 2.24) is 15.1 Å². The Morgan fingerprint density at radius 2 is 2.00 bits per heavy atom. The number of hydrogen-bond donors (Lipinski definition) is 2. The van der Waals surface area contributed by atoms with Crippen LogP contribution in [0.4, 0.5) is 4.39 Å². The molecule has 0 radical (unpaired) electrons. The zero-order valence-electron chi connectivity index (χ0n) is 12.0. The summed E-state index contributed by atoms with van der Waals surface area (Å²) < 4.78 is 14.0. The van der Waals surface area contributed by atoms with Gasteiger partial charge in [-0.2, -0.15) is 9.78 Å². The Labute approximate surface area is 126 Å². The first-order valence-electron chi connectivity index (χ1n) is 6.80. The van der Waals surface area contributed by atoms with Gasteiger partial charge in [0.1, 0.15) is 11.5 Å². The van der Waals surface area contributed by atoms with Crippen LogP contribution in [0.2, 0.25) is 0 Å². The van der Waals surface area contributed by atoms with E-state index in [1.165, 1.54) is 36.4 Å². The second-order valence-corrected chi connectivity index (χ2v) is 4.84. The monoisotopic (exact) mass is 305 g/mol. The molecule has 1 aromatic heterocycles. The summed E-state index contributed by atoms with van der Waals surface area (Å²) in [7, 11) is 0. The summed E-state index contributed by atoms with van der Waals surface area (Å²) >= 11 is 0. The lowest BCUT2D eigenvalue weighted by Gasteiger charge is -2.08. The lowest BCUT2D eigenvalue weighted by Crippen LogP contribution is -2.30. The molecule has 0 aliphatic rings. The molecular formula is C15H16FN3O3. The number of rotatable bonds is 5. The zero-order valence-corrected chi connectivity index (χ0v) is 12.0. The predicted octanol–water partition coefficient (Wildman–Crippen LogP) is 0.872. The largest absolute Gasteiger partial charge is 0.393 e. The van der Waals surface area contributed by atoms with Gasteiger partial charge in [-0.1, -0.05) is 0 Å². The van der Waals surface area contributed by atoms with Crippen LogP contribution in [-0.2, 0) is 0 Å². The Kier molecular flexibility index (Phi) is 5.00. The van der Waals surface area contributed by atoms with Gasteiger partial charge < -0.3 is 10.4 Å². The van der Waals surface area contributed by atoms with Crippen LogP contribution in [0.15, 0.2) is 41.2 Å². The number of aliphatic hydroxyl groups excluding tert-OH is 1. The van der Waals surface area contributed by atoms with Crippen LogP contribution < -0.4 is 10.9 Å². The fourth-order valence-electron chi connectivity index (χ4n) is 1.78. The van der Waals surface area contributed by atoms with E-state index in [2.05, 4.69) is 10.4 Å². The van der Waals surface area contributed by atoms with Crippen LogP contribution in [0.1, 0.15) is 23.8 Å². The van der Waals surface area contributed by atoms with Crippen LogP contribution in [0.5, 0.6) is 0 Å². The Bertz CT molecular complexity index is 711. The van der Waals surface area contributed by atoms with Crippen LogP contribution in [0.3, 0.4) is 0 Å². The quantitative estimate of drug-likeness (QED) is 0.858. The average Bonchev–Trinajstić information content (AvgIpc) is 2.48. The van der Waals surface area contributed by atoms with Gasteiger partial charge in [0.25, 0.3) is 11.5 Å². The van der Waals surface area contributed by atoms with Crippen molar-refractivity contribution >= 4 is 5.91 Å². The fraction of sp³-hybridized carbons (Fsp3) is 0.267. The van der Waals surface area contributed by atoms with E-state index in [1.54, 1.807) is 6.92 Å². The maximum atomic E-state index is 12.9. The van der Waals surface area contributed by atoms with Gasteiger partial charge in [0.05, 0.1) is 11.8 Å². The van der Waals surface area contributed by atoms with Crippen molar-refractivity contribution < 1.29 is 14.3 Å². The molecule has 0 saturated heterocycles. The minimum Gasteiger partial charge on any atom is -0.393 e. The van der Waals surface area contributed by atoms with Crippen molar-refractivity contribution in [2.75, 3.05) is 6.54 Å². The molecule has 0 aliphatic heterocycles. The third-order valence-corrected chi connectivity index (χ3v) is 2.95. The van der Waals surface area contributed by atoms with Crippen LogP contribution in [0, 0.1) is 5.82 Å². The summed E-state index contributed by atoms with van der Waals surface area (Å²) in [5.41, 5.74) is 0.00619. The second kappa shape index (κ2) is 6.95. The van der Waals surface area contributed by atoms with Crippen molar-refractivity contribution in [2.45, 2.75) is 19.4 Å². The van der Waals surface area contributed by atoms with Crippen LogP contribution in [0.25, 0.3) is 5.69 Å². The molecule has 0 fully saturated rings. The third kappa shape index (κ3) is 3.98. The summed E-state index contributed by atoms with van der Waals surface area (Å²) in [6.45, 7) is 1.92. The Balaban J connectivity index is 2.21. The van der Waals surface area contributed by atoms with E-state index in [0.29, 0.717) is 18.7 Å². The molecule has 7 heteroatoms. The number of benzene rings is 1. The standard InChI is InChI=1S/C15H16FN3O3/c1-10(20)8-9-17-15(22)13-6-7-14(21)19(18-13)12-4-2-11(16)3-5-12/h2-7,10,20H,8-9H2,1H3,(H,17,22). The number of aromatic nitrogens is 2. The summed E-state index contributed by atoms with van der Waals surface area (Å²) in [5.74, 6) is -0.875. The summed E-state index contributed by atoms with van der Waals surface area (Å²) in [6, 6.07) is 7.76. The molecular weight excluding hydrogens is 289 g/mol. The number of nitrogens with zero attached hydrogens (tertiary/aromatic N) is 2. The molecule has 1 unspecified atom stereocenters. The van der Waals surface area contributed by atoms with E-state index >= 15 is 0 Å². The third-order valence-electron chi connectivity index (χ3n) is 2.95. The van der Waals surface area contributed by atoms with E-state index in [9.17, 15) is 14.0 Å². The van der Waals surface area contributed by atoms with Gasteiger partial charge in [-0.05, 0) is 43.7 Å². The van der Waals surface area contributed by atoms with E-state index < -0.39 is 23.4 Å². The number of hydrogen-bond acceptors (Lipinski definition) is 4. The highest BCUT2D eigenvalue weighted by molar-refractivity contribution is 5.92. The number of amides is 1. The molecule has 1 heterocycles. The van der Waals surface area contributed by atoms with Crippen molar-refractivity contribution in [2.24, 2.45) is 0 Å². The van der Waals surface area contributed by atoms with Crippen molar-refractivity contribution in [3.63, 3.8) is 0 Å². The van der Waals surface area contributed by atoms with Gasteiger partial charge >= 0.3 is 0 Å². The van der Waals surface area contributed by atoms with Crippen molar-refractivity contribution in [3.05, 3.63) is 58.3 Å². The van der Waals surface area contributed by atoms with Crippen molar-refractivity contribution in [3.8, 4) is 5.69 Å². The second-order valence-electron chi connectivity index (χ2n) is 4.84. The number of aliphatic hydroxyl groups is 1. The molecule has 6 nitrogen and oxygen atoms in total. The summed E-state index contributed by atoms with van der Waals surface area (Å²) in [6.07, 6.45) is -0.0926. The Morgan fingerprint density at radius 1 is 1.32 bits per heavy atom. The maximum Gasteiger partial charge on any atom is 0.271 e. The molecule has 2 aromatic rings. The summed E-state index contributed by atoms with van der Waals surface area (Å²) in [4.78, 5) is 23.8. The van der Waals surface area contributed by atoms with Gasteiger partial charge in [-0.25, -0.2) is 4.39 Å². The Morgan fingerprint density at radius 3 is 2.64 bits per heavy atom. The highest BCUT2D eigenvalue weighted by Gasteiger charge is 2.10. The van der Waals surface area contributed by atoms with Gasteiger partial charge in [-0.3, -0.25) is 9.59 Å². The number of halogens is 1. The molecule has 0 aliphatic carbocycles.